The minimum absolute atomic E-state index is 0.0473. The molecule has 1 unspecified atom stereocenters. The molecule has 1 amide bonds. The summed E-state index contributed by atoms with van der Waals surface area (Å²) in [7, 11) is 1.87. The summed E-state index contributed by atoms with van der Waals surface area (Å²) in [6.45, 7) is 4.35. The second-order valence-electron chi connectivity index (χ2n) is 4.34. The van der Waals surface area contributed by atoms with Gasteiger partial charge >= 0.3 is 0 Å². The SMILES string of the molecule is CNCC1CN(C(=O)c2cnc(C)cn2)CCO1. The fourth-order valence-electron chi connectivity index (χ4n) is 1.92. The second kappa shape index (κ2) is 5.88. The summed E-state index contributed by atoms with van der Waals surface area (Å²) in [5, 5.41) is 3.05. The van der Waals surface area contributed by atoms with Gasteiger partial charge in [-0.1, -0.05) is 0 Å². The summed E-state index contributed by atoms with van der Waals surface area (Å²) in [4.78, 5) is 22.2. The molecule has 1 saturated heterocycles. The maximum atomic E-state index is 12.2. The lowest BCUT2D eigenvalue weighted by Crippen LogP contribution is -2.48. The van der Waals surface area contributed by atoms with Gasteiger partial charge in [0.05, 0.1) is 24.6 Å². The molecule has 0 bridgehead atoms. The first-order valence-electron chi connectivity index (χ1n) is 6.05. The highest BCUT2D eigenvalue weighted by molar-refractivity contribution is 5.92. The van der Waals surface area contributed by atoms with Crippen molar-refractivity contribution in [2.45, 2.75) is 13.0 Å². The Balaban J connectivity index is 2.02. The Bertz CT molecular complexity index is 405. The number of aromatic nitrogens is 2. The normalized spacial score (nSPS) is 19.9. The van der Waals surface area contributed by atoms with Gasteiger partial charge in [-0.05, 0) is 14.0 Å². The van der Waals surface area contributed by atoms with Crippen molar-refractivity contribution in [2.75, 3.05) is 33.3 Å². The van der Waals surface area contributed by atoms with Crippen molar-refractivity contribution in [3.63, 3.8) is 0 Å². The van der Waals surface area contributed by atoms with E-state index in [1.807, 2.05) is 14.0 Å². The van der Waals surface area contributed by atoms with Gasteiger partial charge in [0.1, 0.15) is 5.69 Å². The smallest absolute Gasteiger partial charge is 0.274 e. The highest BCUT2D eigenvalue weighted by atomic mass is 16.5. The molecule has 1 aliphatic heterocycles. The van der Waals surface area contributed by atoms with Crippen molar-refractivity contribution in [3.8, 4) is 0 Å². The first-order chi connectivity index (χ1) is 8.70. The van der Waals surface area contributed by atoms with Crippen LogP contribution in [0.15, 0.2) is 12.4 Å². The number of hydrogen-bond donors (Lipinski definition) is 1. The average Bonchev–Trinajstić information content (AvgIpc) is 2.39. The van der Waals surface area contributed by atoms with Crippen LogP contribution in [0.3, 0.4) is 0 Å². The van der Waals surface area contributed by atoms with Crippen molar-refractivity contribution in [3.05, 3.63) is 23.8 Å². The van der Waals surface area contributed by atoms with Crippen molar-refractivity contribution in [1.82, 2.24) is 20.2 Å². The van der Waals surface area contributed by atoms with Crippen LogP contribution >= 0.6 is 0 Å². The van der Waals surface area contributed by atoms with Gasteiger partial charge in [0, 0.05) is 25.8 Å². The Morgan fingerprint density at radius 1 is 1.56 bits per heavy atom. The van der Waals surface area contributed by atoms with Crippen molar-refractivity contribution < 1.29 is 9.53 Å². The molecule has 1 N–H and O–H groups in total. The third-order valence-electron chi connectivity index (χ3n) is 2.86. The van der Waals surface area contributed by atoms with Gasteiger partial charge in [-0.15, -0.1) is 0 Å². The quantitative estimate of drug-likeness (QED) is 0.808. The summed E-state index contributed by atoms with van der Waals surface area (Å²) in [6, 6.07) is 0. The molecule has 1 aromatic rings. The lowest BCUT2D eigenvalue weighted by Gasteiger charge is -2.32. The van der Waals surface area contributed by atoms with Crippen LogP contribution in [-0.4, -0.2) is 60.2 Å². The van der Waals surface area contributed by atoms with Gasteiger partial charge < -0.3 is 15.0 Å². The van der Waals surface area contributed by atoms with E-state index in [9.17, 15) is 4.79 Å². The number of rotatable bonds is 3. The van der Waals surface area contributed by atoms with Crippen LogP contribution in [-0.2, 0) is 4.74 Å². The Morgan fingerprint density at radius 2 is 2.39 bits per heavy atom. The third-order valence-corrected chi connectivity index (χ3v) is 2.86. The number of likely N-dealkylation sites (N-methyl/N-ethyl adjacent to an activating group) is 1. The van der Waals surface area contributed by atoms with E-state index < -0.39 is 0 Å². The molecule has 1 aliphatic rings. The molecule has 0 aromatic carbocycles. The van der Waals surface area contributed by atoms with Crippen LogP contribution < -0.4 is 5.32 Å². The molecule has 18 heavy (non-hydrogen) atoms. The van der Waals surface area contributed by atoms with E-state index in [0.717, 1.165) is 12.2 Å². The van der Waals surface area contributed by atoms with Crippen LogP contribution in [0.1, 0.15) is 16.2 Å². The van der Waals surface area contributed by atoms with Crippen LogP contribution in [0, 0.1) is 6.92 Å². The molecule has 0 aliphatic carbocycles. The Morgan fingerprint density at radius 3 is 3.06 bits per heavy atom. The fraction of sp³-hybridized carbons (Fsp3) is 0.583. The van der Waals surface area contributed by atoms with E-state index in [2.05, 4.69) is 15.3 Å². The van der Waals surface area contributed by atoms with E-state index >= 15 is 0 Å². The van der Waals surface area contributed by atoms with Crippen LogP contribution in [0.5, 0.6) is 0 Å². The number of carbonyl (C=O) groups is 1. The van der Waals surface area contributed by atoms with Crippen LogP contribution in [0.25, 0.3) is 0 Å². The Labute approximate surface area is 106 Å². The summed E-state index contributed by atoms with van der Waals surface area (Å²) in [5.41, 5.74) is 1.20. The fourth-order valence-corrected chi connectivity index (χ4v) is 1.92. The van der Waals surface area contributed by atoms with Gasteiger partial charge in [-0.3, -0.25) is 9.78 Å². The largest absolute Gasteiger partial charge is 0.373 e. The molecule has 0 saturated carbocycles. The maximum Gasteiger partial charge on any atom is 0.274 e. The Kier molecular flexibility index (Phi) is 4.22. The topological polar surface area (TPSA) is 67.4 Å². The zero-order valence-corrected chi connectivity index (χ0v) is 10.7. The van der Waals surface area contributed by atoms with Gasteiger partial charge in [-0.25, -0.2) is 4.98 Å². The second-order valence-corrected chi connectivity index (χ2v) is 4.34. The zero-order chi connectivity index (χ0) is 13.0. The predicted octanol–water partition coefficient (Wildman–Crippen LogP) is -0.155. The summed E-state index contributed by atoms with van der Waals surface area (Å²) >= 11 is 0. The summed E-state index contributed by atoms with van der Waals surface area (Å²) in [6.07, 6.45) is 3.19. The first kappa shape index (κ1) is 12.9. The van der Waals surface area contributed by atoms with Crippen molar-refractivity contribution in [2.24, 2.45) is 0 Å². The maximum absolute atomic E-state index is 12.2. The molecule has 6 heteroatoms. The molecular formula is C12H18N4O2. The zero-order valence-electron chi connectivity index (χ0n) is 10.7. The van der Waals surface area contributed by atoms with Crippen LogP contribution in [0.2, 0.25) is 0 Å². The lowest BCUT2D eigenvalue weighted by molar-refractivity contribution is -0.0198. The van der Waals surface area contributed by atoms with E-state index in [-0.39, 0.29) is 12.0 Å². The number of morpholine rings is 1. The monoisotopic (exact) mass is 250 g/mol. The molecule has 0 spiro atoms. The molecule has 98 valence electrons. The molecular weight excluding hydrogens is 232 g/mol. The molecule has 2 rings (SSSR count). The van der Waals surface area contributed by atoms with Gasteiger partial charge in [0.25, 0.3) is 5.91 Å². The molecule has 2 heterocycles. The highest BCUT2D eigenvalue weighted by Gasteiger charge is 2.25. The number of hydrogen-bond acceptors (Lipinski definition) is 5. The van der Waals surface area contributed by atoms with Gasteiger partial charge in [-0.2, -0.15) is 0 Å². The molecule has 1 fully saturated rings. The average molecular weight is 250 g/mol. The number of ether oxygens (including phenoxy) is 1. The molecule has 0 radical (unpaired) electrons. The summed E-state index contributed by atoms with van der Waals surface area (Å²) < 4.78 is 5.56. The predicted molar refractivity (Wildman–Crippen MR) is 66.3 cm³/mol. The van der Waals surface area contributed by atoms with E-state index in [1.54, 1.807) is 11.1 Å². The summed E-state index contributed by atoms with van der Waals surface area (Å²) in [5.74, 6) is -0.0769. The lowest BCUT2D eigenvalue weighted by atomic mass is 10.2. The number of nitrogens with one attached hydrogen (secondary N) is 1. The van der Waals surface area contributed by atoms with E-state index in [4.69, 9.17) is 4.74 Å². The van der Waals surface area contributed by atoms with Gasteiger partial charge in [0.15, 0.2) is 0 Å². The van der Waals surface area contributed by atoms with E-state index in [0.29, 0.717) is 25.4 Å². The van der Waals surface area contributed by atoms with Crippen molar-refractivity contribution >= 4 is 5.91 Å². The number of amides is 1. The van der Waals surface area contributed by atoms with Crippen molar-refractivity contribution in [1.29, 1.82) is 0 Å². The Hall–Kier alpha value is -1.53. The van der Waals surface area contributed by atoms with E-state index in [1.165, 1.54) is 6.20 Å². The number of aryl methyl sites for hydroxylation is 1. The van der Waals surface area contributed by atoms with Gasteiger partial charge in [0.2, 0.25) is 0 Å². The van der Waals surface area contributed by atoms with Crippen LogP contribution in [0.4, 0.5) is 0 Å². The molecule has 1 aromatic heterocycles. The highest BCUT2D eigenvalue weighted by Crippen LogP contribution is 2.08. The number of carbonyl (C=O) groups excluding carboxylic acids is 1. The standard InChI is InChI=1S/C12H18N4O2/c1-9-5-15-11(7-14-9)12(17)16-3-4-18-10(8-16)6-13-2/h5,7,10,13H,3-4,6,8H2,1-2H3. The minimum Gasteiger partial charge on any atom is -0.373 e. The molecule has 6 nitrogen and oxygen atoms in total. The minimum atomic E-state index is -0.0769. The number of nitrogens with zero attached hydrogens (tertiary/aromatic N) is 3. The molecule has 1 atom stereocenters. The first-order valence-corrected chi connectivity index (χ1v) is 6.05. The third kappa shape index (κ3) is 3.02.